The fourth-order valence-electron chi connectivity index (χ4n) is 1.66. The summed E-state index contributed by atoms with van der Waals surface area (Å²) in [6, 6.07) is 0. The molecule has 0 heterocycles. The van der Waals surface area contributed by atoms with Crippen LogP contribution in [0.15, 0.2) is 59.8 Å². The van der Waals surface area contributed by atoms with E-state index in [4.69, 9.17) is 0 Å². The molecular weight excluding hydrogens is 232 g/mol. The van der Waals surface area contributed by atoms with E-state index in [-0.39, 0.29) is 0 Å². The fraction of sp³-hybridized carbons (Fsp3) is 0.143. The molecule has 2 N–H and O–H groups in total. The molecule has 0 fully saturated rings. The highest BCUT2D eigenvalue weighted by Gasteiger charge is 2.23. The van der Waals surface area contributed by atoms with Gasteiger partial charge in [-0.25, -0.2) is 0 Å². The van der Waals surface area contributed by atoms with E-state index in [0.717, 1.165) is 11.1 Å². The van der Waals surface area contributed by atoms with Gasteiger partial charge in [-0.3, -0.25) is 9.59 Å². The standard InChI is InChI=1S/C14H12O4/c15-9-13(17)5-1-11(2-6-13)12-3-7-14(18,10-16)8-4-12/h1-10,17-18H. The monoisotopic (exact) mass is 244 g/mol. The fourth-order valence-corrected chi connectivity index (χ4v) is 1.66. The minimum absolute atomic E-state index is 0.444. The predicted molar refractivity (Wildman–Crippen MR) is 65.6 cm³/mol. The van der Waals surface area contributed by atoms with E-state index < -0.39 is 11.2 Å². The van der Waals surface area contributed by atoms with Crippen molar-refractivity contribution in [1.82, 2.24) is 0 Å². The summed E-state index contributed by atoms with van der Waals surface area (Å²) in [5.41, 5.74) is -1.53. The van der Waals surface area contributed by atoms with Gasteiger partial charge in [0.15, 0.2) is 23.8 Å². The third kappa shape index (κ3) is 2.30. The Balaban J connectivity index is 2.28. The van der Waals surface area contributed by atoms with Crippen LogP contribution in [0.5, 0.6) is 0 Å². The van der Waals surface area contributed by atoms with Gasteiger partial charge < -0.3 is 10.2 Å². The first-order valence-corrected chi connectivity index (χ1v) is 5.39. The second-order valence-corrected chi connectivity index (χ2v) is 4.25. The van der Waals surface area contributed by atoms with E-state index >= 15 is 0 Å². The molecule has 0 spiro atoms. The summed E-state index contributed by atoms with van der Waals surface area (Å²) >= 11 is 0. The molecule has 4 nitrogen and oxygen atoms in total. The molecular formula is C14H12O4. The van der Waals surface area contributed by atoms with Gasteiger partial charge in [0.2, 0.25) is 0 Å². The van der Waals surface area contributed by atoms with E-state index in [1.165, 1.54) is 24.3 Å². The lowest BCUT2D eigenvalue weighted by molar-refractivity contribution is -0.117. The van der Waals surface area contributed by atoms with Crippen molar-refractivity contribution < 1.29 is 19.8 Å². The van der Waals surface area contributed by atoms with Crippen molar-refractivity contribution in [1.29, 1.82) is 0 Å². The van der Waals surface area contributed by atoms with Crippen LogP contribution >= 0.6 is 0 Å². The molecule has 92 valence electrons. The summed E-state index contributed by atoms with van der Waals surface area (Å²) in [5, 5.41) is 19.3. The van der Waals surface area contributed by atoms with Crippen molar-refractivity contribution in [2.45, 2.75) is 11.2 Å². The van der Waals surface area contributed by atoms with Crippen LogP contribution in [0.2, 0.25) is 0 Å². The highest BCUT2D eigenvalue weighted by molar-refractivity contribution is 5.74. The quantitative estimate of drug-likeness (QED) is 0.689. The topological polar surface area (TPSA) is 74.6 Å². The van der Waals surface area contributed by atoms with Crippen LogP contribution < -0.4 is 0 Å². The van der Waals surface area contributed by atoms with Crippen LogP contribution in [0.1, 0.15) is 0 Å². The van der Waals surface area contributed by atoms with Gasteiger partial charge in [0, 0.05) is 0 Å². The Bertz CT molecular complexity index is 452. The van der Waals surface area contributed by atoms with Gasteiger partial charge in [0.1, 0.15) is 0 Å². The zero-order valence-electron chi connectivity index (χ0n) is 9.48. The molecule has 0 aromatic rings. The molecule has 0 bridgehead atoms. The highest BCUT2D eigenvalue weighted by atomic mass is 16.3. The number of hydrogen-bond donors (Lipinski definition) is 2. The number of aldehydes is 2. The second kappa shape index (κ2) is 4.33. The molecule has 2 aliphatic rings. The molecule has 0 aromatic heterocycles. The van der Waals surface area contributed by atoms with Crippen LogP contribution in [0, 0.1) is 0 Å². The van der Waals surface area contributed by atoms with Crippen LogP contribution in [0.25, 0.3) is 0 Å². The lowest BCUT2D eigenvalue weighted by Gasteiger charge is -2.19. The van der Waals surface area contributed by atoms with E-state index in [0.29, 0.717) is 12.6 Å². The first-order valence-electron chi connectivity index (χ1n) is 5.39. The summed E-state index contributed by atoms with van der Waals surface area (Å²) in [5.74, 6) is 0. The van der Waals surface area contributed by atoms with Crippen molar-refractivity contribution in [3.63, 3.8) is 0 Å². The molecule has 0 amide bonds. The van der Waals surface area contributed by atoms with Gasteiger partial charge in [-0.2, -0.15) is 0 Å². The largest absolute Gasteiger partial charge is 0.375 e. The molecule has 0 unspecified atom stereocenters. The van der Waals surface area contributed by atoms with Crippen molar-refractivity contribution in [3.8, 4) is 0 Å². The Morgan fingerprint density at radius 3 is 1.22 bits per heavy atom. The van der Waals surface area contributed by atoms with Gasteiger partial charge in [0.05, 0.1) is 0 Å². The van der Waals surface area contributed by atoms with E-state index in [9.17, 15) is 19.8 Å². The summed E-state index contributed by atoms with van der Waals surface area (Å²) in [4.78, 5) is 21.2. The Kier molecular flexibility index (Phi) is 2.98. The van der Waals surface area contributed by atoms with Crippen molar-refractivity contribution in [2.75, 3.05) is 0 Å². The van der Waals surface area contributed by atoms with E-state index in [1.54, 1.807) is 24.3 Å². The average Bonchev–Trinajstić information content (AvgIpc) is 2.41. The summed E-state index contributed by atoms with van der Waals surface area (Å²) < 4.78 is 0. The molecule has 2 aliphatic carbocycles. The zero-order valence-corrected chi connectivity index (χ0v) is 9.48. The van der Waals surface area contributed by atoms with Crippen LogP contribution in [-0.4, -0.2) is 34.0 Å². The smallest absolute Gasteiger partial charge is 0.159 e. The zero-order chi connectivity index (χ0) is 13.2. The maximum Gasteiger partial charge on any atom is 0.159 e. The van der Waals surface area contributed by atoms with E-state index in [1.807, 2.05) is 0 Å². The maximum atomic E-state index is 10.6. The number of allylic oxidation sites excluding steroid dienone is 6. The van der Waals surface area contributed by atoms with Crippen molar-refractivity contribution >= 4 is 12.6 Å². The van der Waals surface area contributed by atoms with E-state index in [2.05, 4.69) is 0 Å². The molecule has 0 radical (unpaired) electrons. The van der Waals surface area contributed by atoms with Crippen molar-refractivity contribution in [2.24, 2.45) is 0 Å². The van der Waals surface area contributed by atoms with Gasteiger partial charge in [-0.05, 0) is 35.5 Å². The van der Waals surface area contributed by atoms with Crippen molar-refractivity contribution in [3.05, 3.63) is 59.8 Å². The second-order valence-electron chi connectivity index (χ2n) is 4.25. The summed E-state index contributed by atoms with van der Waals surface area (Å²) in [6.07, 6.45) is 12.9. The number of rotatable bonds is 2. The molecule has 2 rings (SSSR count). The Labute approximate surface area is 104 Å². The molecule has 0 aromatic carbocycles. The van der Waals surface area contributed by atoms with Crippen LogP contribution in [0.3, 0.4) is 0 Å². The van der Waals surface area contributed by atoms with Gasteiger partial charge >= 0.3 is 0 Å². The highest BCUT2D eigenvalue weighted by Crippen LogP contribution is 2.24. The normalized spacial score (nSPS) is 33.9. The number of carbonyl (C=O) groups excluding carboxylic acids is 2. The molecule has 0 saturated carbocycles. The lowest BCUT2D eigenvalue weighted by Crippen LogP contribution is -2.27. The molecule has 0 saturated heterocycles. The lowest BCUT2D eigenvalue weighted by atomic mass is 9.90. The minimum atomic E-state index is -1.55. The average molecular weight is 244 g/mol. The third-order valence-corrected chi connectivity index (χ3v) is 2.83. The third-order valence-electron chi connectivity index (χ3n) is 2.83. The number of aliphatic hydroxyl groups is 2. The number of carbonyl (C=O) groups is 2. The predicted octanol–water partition coefficient (Wildman–Crippen LogP) is 0.395. The minimum Gasteiger partial charge on any atom is -0.375 e. The molecule has 18 heavy (non-hydrogen) atoms. The van der Waals surface area contributed by atoms with Gasteiger partial charge in [0.25, 0.3) is 0 Å². The summed E-state index contributed by atoms with van der Waals surface area (Å²) in [7, 11) is 0. The molecule has 4 heteroatoms. The molecule has 0 atom stereocenters. The van der Waals surface area contributed by atoms with Crippen LogP contribution in [-0.2, 0) is 9.59 Å². The van der Waals surface area contributed by atoms with Gasteiger partial charge in [-0.15, -0.1) is 0 Å². The van der Waals surface area contributed by atoms with Crippen LogP contribution in [0.4, 0.5) is 0 Å². The number of hydrogen-bond acceptors (Lipinski definition) is 4. The Morgan fingerprint density at radius 2 is 1.00 bits per heavy atom. The SMILES string of the molecule is O=CC1(O)C=CC(=C2C=CC(O)(C=O)C=C2)C=C1. The maximum absolute atomic E-state index is 10.6. The Morgan fingerprint density at radius 1 is 0.722 bits per heavy atom. The Hall–Kier alpha value is -2.04. The summed E-state index contributed by atoms with van der Waals surface area (Å²) in [6.45, 7) is 0. The first kappa shape index (κ1) is 12.4. The molecule has 0 aliphatic heterocycles. The van der Waals surface area contributed by atoms with Gasteiger partial charge in [-0.1, -0.05) is 24.3 Å². The first-order chi connectivity index (χ1) is 8.50.